The molecule has 100 valence electrons. The van der Waals surface area contributed by atoms with E-state index in [1.54, 1.807) is 0 Å². The van der Waals surface area contributed by atoms with Crippen LogP contribution in [0.15, 0.2) is 41.4 Å². The summed E-state index contributed by atoms with van der Waals surface area (Å²) in [4.78, 5) is 3.74. The Kier molecular flexibility index (Phi) is 3.84. The number of nitrogen functional groups attached to an aromatic ring is 1. The van der Waals surface area contributed by atoms with Gasteiger partial charge in [-0.05, 0) is 24.3 Å². The Balaban J connectivity index is 2.40. The maximum atomic E-state index is 12.2. The van der Waals surface area contributed by atoms with Crippen molar-refractivity contribution in [3.8, 4) is 0 Å². The largest absolute Gasteiger partial charge is 0.398 e. The molecule has 2 rings (SSSR count). The molecule has 0 atom stereocenters. The molecule has 0 aliphatic carbocycles. The first kappa shape index (κ1) is 13.9. The van der Waals surface area contributed by atoms with Gasteiger partial charge in [0.1, 0.15) is 10.7 Å². The number of hydrogen-bond donors (Lipinski definition) is 2. The van der Waals surface area contributed by atoms with Crippen molar-refractivity contribution in [2.75, 3.05) is 10.5 Å². The number of sulfonamides is 1. The number of halogens is 2. The normalized spacial score (nSPS) is 11.3. The summed E-state index contributed by atoms with van der Waals surface area (Å²) in [6.45, 7) is 0. The monoisotopic (exact) mass is 317 g/mol. The van der Waals surface area contributed by atoms with Crippen LogP contribution in [0.1, 0.15) is 0 Å². The summed E-state index contributed by atoms with van der Waals surface area (Å²) in [6, 6.07) is 7.12. The van der Waals surface area contributed by atoms with Crippen LogP contribution in [0.2, 0.25) is 10.0 Å². The molecule has 5 nitrogen and oxygen atoms in total. The highest BCUT2D eigenvalue weighted by atomic mass is 35.5. The summed E-state index contributed by atoms with van der Waals surface area (Å²) >= 11 is 11.5. The van der Waals surface area contributed by atoms with Gasteiger partial charge in [0.05, 0.1) is 5.69 Å². The van der Waals surface area contributed by atoms with Crippen LogP contribution in [0, 0.1) is 0 Å². The minimum absolute atomic E-state index is 0.0962. The molecule has 8 heteroatoms. The van der Waals surface area contributed by atoms with Gasteiger partial charge in [-0.15, -0.1) is 0 Å². The van der Waals surface area contributed by atoms with Crippen molar-refractivity contribution in [1.82, 2.24) is 4.98 Å². The van der Waals surface area contributed by atoms with Gasteiger partial charge in [0, 0.05) is 22.3 Å². The zero-order valence-electron chi connectivity index (χ0n) is 9.47. The summed E-state index contributed by atoms with van der Waals surface area (Å²) in [7, 11) is -3.86. The fraction of sp³-hybridized carbons (Fsp3) is 0. The summed E-state index contributed by atoms with van der Waals surface area (Å²) in [5.74, 6) is 0.104. The van der Waals surface area contributed by atoms with E-state index in [1.165, 1.54) is 36.5 Å². The van der Waals surface area contributed by atoms with Gasteiger partial charge in [0.2, 0.25) is 0 Å². The van der Waals surface area contributed by atoms with E-state index in [-0.39, 0.29) is 21.4 Å². The molecule has 0 unspecified atom stereocenters. The number of hydrogen-bond acceptors (Lipinski definition) is 4. The van der Waals surface area contributed by atoms with Crippen molar-refractivity contribution in [2.45, 2.75) is 4.90 Å². The van der Waals surface area contributed by atoms with E-state index in [2.05, 4.69) is 9.71 Å². The van der Waals surface area contributed by atoms with Crippen molar-refractivity contribution < 1.29 is 8.42 Å². The molecule has 0 bridgehead atoms. The lowest BCUT2D eigenvalue weighted by Gasteiger charge is -2.09. The summed E-state index contributed by atoms with van der Waals surface area (Å²) < 4.78 is 26.6. The molecule has 1 aromatic heterocycles. The Morgan fingerprint density at radius 2 is 1.79 bits per heavy atom. The van der Waals surface area contributed by atoms with Crippen LogP contribution >= 0.6 is 23.2 Å². The zero-order chi connectivity index (χ0) is 14.0. The standard InChI is InChI=1S/C11H9Cl2N3O2S/c12-7-1-2-9(14)10(5-7)19(17,18)16-11-6-8(13)3-4-15-11/h1-6H,14H2,(H,15,16). The van der Waals surface area contributed by atoms with Crippen molar-refractivity contribution >= 4 is 44.7 Å². The van der Waals surface area contributed by atoms with Gasteiger partial charge in [-0.25, -0.2) is 13.4 Å². The smallest absolute Gasteiger partial charge is 0.265 e. The van der Waals surface area contributed by atoms with Crippen LogP contribution in [0.4, 0.5) is 11.5 Å². The van der Waals surface area contributed by atoms with Crippen LogP contribution in [0.25, 0.3) is 0 Å². The number of nitrogens with one attached hydrogen (secondary N) is 1. The average Bonchev–Trinajstić information content (AvgIpc) is 2.31. The van der Waals surface area contributed by atoms with Crippen LogP contribution in [0.3, 0.4) is 0 Å². The Bertz CT molecular complexity index is 720. The third-order valence-electron chi connectivity index (χ3n) is 2.23. The molecule has 2 aromatic rings. The Labute approximate surface area is 120 Å². The molecule has 1 heterocycles. The lowest BCUT2D eigenvalue weighted by atomic mass is 10.3. The maximum absolute atomic E-state index is 12.2. The van der Waals surface area contributed by atoms with Gasteiger partial charge < -0.3 is 5.73 Å². The van der Waals surface area contributed by atoms with E-state index in [0.29, 0.717) is 5.02 Å². The van der Waals surface area contributed by atoms with E-state index in [9.17, 15) is 8.42 Å². The second kappa shape index (κ2) is 5.24. The third kappa shape index (κ3) is 3.28. The van der Waals surface area contributed by atoms with E-state index < -0.39 is 10.0 Å². The van der Waals surface area contributed by atoms with Crippen LogP contribution < -0.4 is 10.5 Å². The maximum Gasteiger partial charge on any atom is 0.265 e. The van der Waals surface area contributed by atoms with Gasteiger partial charge in [-0.2, -0.15) is 0 Å². The van der Waals surface area contributed by atoms with E-state index in [4.69, 9.17) is 28.9 Å². The summed E-state index contributed by atoms with van der Waals surface area (Å²) in [5, 5.41) is 0.639. The second-order valence-electron chi connectivity index (χ2n) is 3.65. The van der Waals surface area contributed by atoms with Crippen molar-refractivity contribution in [1.29, 1.82) is 0 Å². The zero-order valence-corrected chi connectivity index (χ0v) is 11.8. The third-order valence-corrected chi connectivity index (χ3v) is 4.11. The predicted octanol–water partition coefficient (Wildman–Crippen LogP) is 2.77. The molecule has 1 aromatic carbocycles. The number of rotatable bonds is 3. The van der Waals surface area contributed by atoms with E-state index in [0.717, 1.165) is 0 Å². The van der Waals surface area contributed by atoms with Crippen LogP contribution in [-0.2, 0) is 10.0 Å². The number of anilines is 2. The first-order valence-electron chi connectivity index (χ1n) is 5.08. The van der Waals surface area contributed by atoms with Crippen molar-refractivity contribution in [3.63, 3.8) is 0 Å². The minimum atomic E-state index is -3.86. The highest BCUT2D eigenvalue weighted by molar-refractivity contribution is 7.92. The predicted molar refractivity (Wildman–Crippen MR) is 75.9 cm³/mol. The number of nitrogens with zero attached hydrogens (tertiary/aromatic N) is 1. The highest BCUT2D eigenvalue weighted by Gasteiger charge is 2.18. The molecule has 19 heavy (non-hydrogen) atoms. The Morgan fingerprint density at radius 1 is 1.11 bits per heavy atom. The summed E-state index contributed by atoms with van der Waals surface area (Å²) in [6.07, 6.45) is 1.39. The highest BCUT2D eigenvalue weighted by Crippen LogP contribution is 2.24. The number of benzene rings is 1. The molecule has 3 N–H and O–H groups in total. The van der Waals surface area contributed by atoms with Gasteiger partial charge in [0.15, 0.2) is 0 Å². The molecule has 0 saturated heterocycles. The second-order valence-corrected chi connectivity index (χ2v) is 6.17. The van der Waals surface area contributed by atoms with Crippen LogP contribution in [-0.4, -0.2) is 13.4 Å². The van der Waals surface area contributed by atoms with Crippen molar-refractivity contribution in [3.05, 3.63) is 46.6 Å². The van der Waals surface area contributed by atoms with E-state index >= 15 is 0 Å². The quantitative estimate of drug-likeness (QED) is 0.852. The lowest BCUT2D eigenvalue weighted by molar-refractivity contribution is 0.601. The molecule has 0 fully saturated rings. The Hall–Kier alpha value is -1.50. The van der Waals surface area contributed by atoms with Gasteiger partial charge in [-0.3, -0.25) is 4.72 Å². The van der Waals surface area contributed by atoms with Crippen molar-refractivity contribution in [2.24, 2.45) is 0 Å². The molecular weight excluding hydrogens is 309 g/mol. The fourth-order valence-corrected chi connectivity index (χ4v) is 2.95. The summed E-state index contributed by atoms with van der Waals surface area (Å²) in [5.41, 5.74) is 5.73. The van der Waals surface area contributed by atoms with Crippen LogP contribution in [0.5, 0.6) is 0 Å². The van der Waals surface area contributed by atoms with Gasteiger partial charge in [0.25, 0.3) is 10.0 Å². The fourth-order valence-electron chi connectivity index (χ4n) is 1.39. The first-order chi connectivity index (χ1) is 8.88. The Morgan fingerprint density at radius 3 is 2.47 bits per heavy atom. The minimum Gasteiger partial charge on any atom is -0.398 e. The molecule has 0 saturated carbocycles. The number of nitrogens with two attached hydrogens (primary N) is 1. The molecular formula is C11H9Cl2N3O2S. The SMILES string of the molecule is Nc1ccc(Cl)cc1S(=O)(=O)Nc1cc(Cl)ccn1. The molecule has 0 amide bonds. The average molecular weight is 318 g/mol. The molecule has 0 radical (unpaired) electrons. The first-order valence-corrected chi connectivity index (χ1v) is 7.32. The van der Waals surface area contributed by atoms with E-state index in [1.807, 2.05) is 0 Å². The van der Waals surface area contributed by atoms with Gasteiger partial charge in [-0.1, -0.05) is 23.2 Å². The lowest BCUT2D eigenvalue weighted by Crippen LogP contribution is -2.15. The number of pyridine rings is 1. The molecule has 0 aliphatic rings. The van der Waals surface area contributed by atoms with Gasteiger partial charge >= 0.3 is 0 Å². The molecule has 0 spiro atoms. The topological polar surface area (TPSA) is 85.1 Å². The number of aromatic nitrogens is 1. The molecule has 0 aliphatic heterocycles.